The Hall–Kier alpha value is -2.59. The maximum absolute atomic E-state index is 12.6. The number of benzene rings is 2. The smallest absolute Gasteiger partial charge is 0.417 e. The number of hydrogen-bond acceptors (Lipinski definition) is 5. The standard InChI is InChI=1S/C21H16Br2F3N3O2/c1-30-18-8-14(10-28-29-20-7-4-15(11-27-20)21(24,25)26)17(23)9-19(18)31-12-13-2-5-16(22)6-3-13/h2-11H,12H2,1H3,(H,27,29)/b28-10-. The van der Waals surface area contributed by atoms with Gasteiger partial charge in [-0.15, -0.1) is 0 Å². The molecule has 1 aromatic heterocycles. The molecule has 0 aliphatic rings. The first-order valence-corrected chi connectivity index (χ1v) is 10.4. The van der Waals surface area contributed by atoms with Crippen LogP contribution in [0.2, 0.25) is 0 Å². The number of pyridine rings is 1. The van der Waals surface area contributed by atoms with Crippen LogP contribution in [0.15, 0.2) is 68.8 Å². The molecule has 2 aromatic carbocycles. The molecule has 10 heteroatoms. The third-order valence-electron chi connectivity index (χ3n) is 4.06. The minimum absolute atomic E-state index is 0.182. The number of nitrogens with one attached hydrogen (secondary N) is 1. The SMILES string of the molecule is COc1cc(/C=N\Nc2ccc(C(F)(F)F)cn2)c(Br)cc1OCc1ccc(Br)cc1. The van der Waals surface area contributed by atoms with Crippen LogP contribution in [0.25, 0.3) is 0 Å². The lowest BCUT2D eigenvalue weighted by Crippen LogP contribution is -2.05. The fraction of sp³-hybridized carbons (Fsp3) is 0.143. The number of methoxy groups -OCH3 is 1. The van der Waals surface area contributed by atoms with E-state index in [1.807, 2.05) is 24.3 Å². The molecule has 1 heterocycles. The summed E-state index contributed by atoms with van der Waals surface area (Å²) in [5.74, 6) is 1.24. The fourth-order valence-corrected chi connectivity index (χ4v) is 3.15. The van der Waals surface area contributed by atoms with E-state index >= 15 is 0 Å². The van der Waals surface area contributed by atoms with Crippen molar-refractivity contribution in [3.05, 3.63) is 80.4 Å². The minimum atomic E-state index is -4.43. The number of halogens is 5. The number of hydrogen-bond donors (Lipinski definition) is 1. The Labute approximate surface area is 193 Å². The van der Waals surface area contributed by atoms with Crippen molar-refractivity contribution in [2.24, 2.45) is 5.10 Å². The molecule has 1 N–H and O–H groups in total. The second kappa shape index (κ2) is 10.1. The number of ether oxygens (including phenoxy) is 2. The van der Waals surface area contributed by atoms with Crippen LogP contribution in [0.4, 0.5) is 19.0 Å². The van der Waals surface area contributed by atoms with Gasteiger partial charge in [-0.05, 0) is 57.9 Å². The number of nitrogens with zero attached hydrogens (tertiary/aromatic N) is 2. The van der Waals surface area contributed by atoms with Crippen LogP contribution < -0.4 is 14.9 Å². The third kappa shape index (κ3) is 6.44. The Morgan fingerprint density at radius 2 is 1.81 bits per heavy atom. The molecule has 0 unspecified atom stereocenters. The zero-order valence-corrected chi connectivity index (χ0v) is 19.3. The summed E-state index contributed by atoms with van der Waals surface area (Å²) in [6.45, 7) is 0.366. The first-order chi connectivity index (χ1) is 14.8. The molecule has 3 rings (SSSR count). The monoisotopic (exact) mass is 557 g/mol. The maximum Gasteiger partial charge on any atom is 0.417 e. The molecule has 0 amide bonds. The van der Waals surface area contributed by atoms with E-state index in [-0.39, 0.29) is 5.82 Å². The van der Waals surface area contributed by atoms with Crippen molar-refractivity contribution in [1.82, 2.24) is 4.98 Å². The van der Waals surface area contributed by atoms with Gasteiger partial charge in [-0.2, -0.15) is 18.3 Å². The molecule has 0 saturated carbocycles. The molecule has 3 aromatic rings. The van der Waals surface area contributed by atoms with Gasteiger partial charge in [0.15, 0.2) is 11.5 Å². The highest BCUT2D eigenvalue weighted by molar-refractivity contribution is 9.10. The number of anilines is 1. The predicted octanol–water partition coefficient (Wildman–Crippen LogP) is 6.66. The van der Waals surface area contributed by atoms with Gasteiger partial charge in [-0.3, -0.25) is 5.43 Å². The van der Waals surface area contributed by atoms with E-state index in [1.54, 1.807) is 12.1 Å². The van der Waals surface area contributed by atoms with Gasteiger partial charge in [0.25, 0.3) is 0 Å². The van der Waals surface area contributed by atoms with Gasteiger partial charge in [-0.1, -0.05) is 28.1 Å². The molecule has 0 atom stereocenters. The summed E-state index contributed by atoms with van der Waals surface area (Å²) in [4.78, 5) is 3.70. The zero-order valence-electron chi connectivity index (χ0n) is 16.1. The van der Waals surface area contributed by atoms with Crippen LogP contribution in [0.5, 0.6) is 11.5 Å². The molecule has 0 spiro atoms. The Bertz CT molecular complexity index is 1060. The van der Waals surface area contributed by atoms with Gasteiger partial charge in [0, 0.05) is 20.7 Å². The summed E-state index contributed by atoms with van der Waals surface area (Å²) in [6.07, 6.45) is -2.20. The van der Waals surface area contributed by atoms with Crippen molar-refractivity contribution >= 4 is 43.9 Å². The molecular weight excluding hydrogens is 543 g/mol. The summed E-state index contributed by atoms with van der Waals surface area (Å²) in [7, 11) is 1.53. The number of alkyl halides is 3. The summed E-state index contributed by atoms with van der Waals surface area (Å²) < 4.78 is 50.7. The van der Waals surface area contributed by atoms with Crippen LogP contribution in [0.1, 0.15) is 16.7 Å². The lowest BCUT2D eigenvalue weighted by Gasteiger charge is -2.13. The van der Waals surface area contributed by atoms with Gasteiger partial charge < -0.3 is 9.47 Å². The van der Waals surface area contributed by atoms with Gasteiger partial charge in [0.2, 0.25) is 0 Å². The zero-order chi connectivity index (χ0) is 22.4. The van der Waals surface area contributed by atoms with Crippen LogP contribution >= 0.6 is 31.9 Å². The van der Waals surface area contributed by atoms with Crippen molar-refractivity contribution in [1.29, 1.82) is 0 Å². The summed E-state index contributed by atoms with van der Waals surface area (Å²) in [5, 5.41) is 4.02. The Balaban J connectivity index is 1.68. The highest BCUT2D eigenvalue weighted by Crippen LogP contribution is 2.33. The second-order valence-corrected chi connectivity index (χ2v) is 8.01. The lowest BCUT2D eigenvalue weighted by atomic mass is 10.2. The van der Waals surface area contributed by atoms with Crippen LogP contribution in [0.3, 0.4) is 0 Å². The number of aromatic nitrogens is 1. The van der Waals surface area contributed by atoms with E-state index in [0.717, 1.165) is 22.3 Å². The molecule has 0 saturated heterocycles. The maximum atomic E-state index is 12.6. The van der Waals surface area contributed by atoms with E-state index < -0.39 is 11.7 Å². The minimum Gasteiger partial charge on any atom is -0.493 e. The van der Waals surface area contributed by atoms with Gasteiger partial charge in [0.05, 0.1) is 18.9 Å². The quantitative estimate of drug-likeness (QED) is 0.260. The second-order valence-electron chi connectivity index (χ2n) is 6.24. The fourth-order valence-electron chi connectivity index (χ4n) is 2.46. The van der Waals surface area contributed by atoms with E-state index in [1.165, 1.54) is 19.4 Å². The van der Waals surface area contributed by atoms with Crippen molar-refractivity contribution < 1.29 is 22.6 Å². The molecule has 31 heavy (non-hydrogen) atoms. The molecule has 0 aliphatic heterocycles. The Morgan fingerprint density at radius 1 is 1.06 bits per heavy atom. The summed E-state index contributed by atoms with van der Waals surface area (Å²) in [6, 6.07) is 13.4. The van der Waals surface area contributed by atoms with E-state index in [2.05, 4.69) is 47.4 Å². The topological polar surface area (TPSA) is 55.7 Å². The molecule has 162 valence electrons. The normalized spacial score (nSPS) is 11.5. The van der Waals surface area contributed by atoms with Crippen molar-refractivity contribution in [3.8, 4) is 11.5 Å². The third-order valence-corrected chi connectivity index (χ3v) is 5.28. The summed E-state index contributed by atoms with van der Waals surface area (Å²) in [5.41, 5.74) is 3.44. The van der Waals surface area contributed by atoms with Crippen LogP contribution in [-0.2, 0) is 12.8 Å². The average Bonchev–Trinajstić information content (AvgIpc) is 2.74. The summed E-state index contributed by atoms with van der Waals surface area (Å²) >= 11 is 6.86. The average molecular weight is 559 g/mol. The number of rotatable bonds is 7. The highest BCUT2D eigenvalue weighted by atomic mass is 79.9. The van der Waals surface area contributed by atoms with Gasteiger partial charge >= 0.3 is 6.18 Å². The van der Waals surface area contributed by atoms with E-state index in [0.29, 0.717) is 28.1 Å². The molecule has 0 radical (unpaired) electrons. The molecule has 5 nitrogen and oxygen atoms in total. The van der Waals surface area contributed by atoms with Gasteiger partial charge in [-0.25, -0.2) is 4.98 Å². The predicted molar refractivity (Wildman–Crippen MR) is 120 cm³/mol. The molecule has 0 bridgehead atoms. The molecule has 0 fully saturated rings. The lowest BCUT2D eigenvalue weighted by molar-refractivity contribution is -0.137. The van der Waals surface area contributed by atoms with Crippen LogP contribution in [0, 0.1) is 0 Å². The molecule has 0 aliphatic carbocycles. The largest absolute Gasteiger partial charge is 0.493 e. The molecular formula is C21H16Br2F3N3O2. The highest BCUT2D eigenvalue weighted by Gasteiger charge is 2.30. The van der Waals surface area contributed by atoms with Crippen molar-refractivity contribution in [2.75, 3.05) is 12.5 Å². The van der Waals surface area contributed by atoms with E-state index in [9.17, 15) is 13.2 Å². The number of hydrazone groups is 1. The first-order valence-electron chi connectivity index (χ1n) is 8.83. The van der Waals surface area contributed by atoms with E-state index in [4.69, 9.17) is 9.47 Å². The Morgan fingerprint density at radius 3 is 2.42 bits per heavy atom. The van der Waals surface area contributed by atoms with Crippen molar-refractivity contribution in [3.63, 3.8) is 0 Å². The van der Waals surface area contributed by atoms with Gasteiger partial charge in [0.1, 0.15) is 12.4 Å². The van der Waals surface area contributed by atoms with Crippen molar-refractivity contribution in [2.45, 2.75) is 12.8 Å². The Kier molecular flexibility index (Phi) is 7.55. The first kappa shape index (κ1) is 23.1. The van der Waals surface area contributed by atoms with Crippen LogP contribution in [-0.4, -0.2) is 18.3 Å².